The molecule has 2 aliphatic rings. The molecule has 5 rings (SSSR count). The maximum Gasteiger partial charge on any atom is 0.420 e. The van der Waals surface area contributed by atoms with Crippen LogP contribution in [-0.4, -0.2) is 45.1 Å². The zero-order valence-electron chi connectivity index (χ0n) is 23.2. The zero-order chi connectivity index (χ0) is 31.8. The molecule has 3 aromatic heterocycles. The zero-order valence-corrected chi connectivity index (χ0v) is 23.2. The minimum absolute atomic E-state index is 0.0384. The summed E-state index contributed by atoms with van der Waals surface area (Å²) in [6.45, 7) is 3.34. The fourth-order valence-electron chi connectivity index (χ4n) is 4.77. The molecule has 2 N–H and O–H groups in total. The molecule has 0 aliphatic carbocycles. The molecule has 5 heterocycles. The molecule has 0 radical (unpaired) electrons. The Morgan fingerprint density at radius 3 is 1.36 bits per heavy atom. The lowest BCUT2D eigenvalue weighted by molar-refractivity contribution is -0.137. The van der Waals surface area contributed by atoms with E-state index in [4.69, 9.17) is 9.47 Å². The van der Waals surface area contributed by atoms with Gasteiger partial charge in [-0.1, -0.05) is 13.8 Å². The van der Waals surface area contributed by atoms with Crippen molar-refractivity contribution in [2.45, 2.75) is 39.0 Å². The molecule has 8 bridgehead atoms. The van der Waals surface area contributed by atoms with Crippen LogP contribution in [0.25, 0.3) is 46.4 Å². The van der Waals surface area contributed by atoms with Gasteiger partial charge in [-0.05, 0) is 61.4 Å². The predicted molar refractivity (Wildman–Crippen MR) is 150 cm³/mol. The Balaban J connectivity index is 2.00. The number of aromatic amines is 2. The van der Waals surface area contributed by atoms with Crippen molar-refractivity contribution in [3.63, 3.8) is 0 Å². The largest absolute Gasteiger partial charge is 0.462 e. The van der Waals surface area contributed by atoms with Crippen LogP contribution in [0.5, 0.6) is 0 Å². The first-order valence-corrected chi connectivity index (χ1v) is 13.5. The Morgan fingerprint density at radius 1 is 0.614 bits per heavy atom. The third kappa shape index (κ3) is 5.83. The van der Waals surface area contributed by atoms with Gasteiger partial charge in [-0.15, -0.1) is 0 Å². The molecule has 0 fully saturated rings. The number of nitrogens with zero attached hydrogens (tertiary/aromatic N) is 2. The Morgan fingerprint density at radius 2 is 0.977 bits per heavy atom. The van der Waals surface area contributed by atoms with Crippen LogP contribution in [0.15, 0.2) is 24.3 Å². The minimum atomic E-state index is -4.96. The van der Waals surface area contributed by atoms with E-state index >= 15 is 0 Å². The molecule has 0 saturated heterocycles. The van der Waals surface area contributed by atoms with Crippen molar-refractivity contribution in [2.24, 2.45) is 0 Å². The highest BCUT2D eigenvalue weighted by atomic mass is 19.4. The summed E-state index contributed by atoms with van der Waals surface area (Å²) >= 11 is 0. The smallest absolute Gasteiger partial charge is 0.420 e. The van der Waals surface area contributed by atoms with Gasteiger partial charge < -0.3 is 19.4 Å². The van der Waals surface area contributed by atoms with E-state index < -0.39 is 63.4 Å². The summed E-state index contributed by atoms with van der Waals surface area (Å²) in [5, 5.41) is 0. The van der Waals surface area contributed by atoms with E-state index in [-0.39, 0.29) is 41.2 Å². The number of hydrogen-bond acceptors (Lipinski definition) is 6. The lowest BCUT2D eigenvalue weighted by Gasteiger charge is -2.09. The lowest BCUT2D eigenvalue weighted by Crippen LogP contribution is -2.11. The molecule has 0 amide bonds. The van der Waals surface area contributed by atoms with Crippen LogP contribution < -0.4 is 0 Å². The quantitative estimate of drug-likeness (QED) is 0.148. The first-order chi connectivity index (χ1) is 20.8. The molecule has 0 aromatic carbocycles. The van der Waals surface area contributed by atoms with E-state index in [1.165, 1.54) is 12.1 Å². The molecule has 0 unspecified atom stereocenters. The van der Waals surface area contributed by atoms with Crippen LogP contribution in [0.1, 0.15) is 81.3 Å². The highest BCUT2D eigenvalue weighted by Crippen LogP contribution is 2.38. The predicted octanol–water partition coefficient (Wildman–Crippen LogP) is 7.83. The highest BCUT2D eigenvalue weighted by molar-refractivity contribution is 6.05. The fraction of sp³-hybridized carbons (Fsp3) is 0.267. The van der Waals surface area contributed by atoms with Crippen molar-refractivity contribution in [3.8, 4) is 0 Å². The van der Waals surface area contributed by atoms with Gasteiger partial charge in [0.05, 0.1) is 58.1 Å². The van der Waals surface area contributed by atoms with Gasteiger partial charge in [-0.3, -0.25) is 0 Å². The van der Waals surface area contributed by atoms with Crippen LogP contribution in [0.3, 0.4) is 0 Å². The van der Waals surface area contributed by atoms with Crippen LogP contribution in [-0.2, 0) is 21.8 Å². The molecule has 8 nitrogen and oxygen atoms in total. The van der Waals surface area contributed by atoms with Crippen LogP contribution in [0.2, 0.25) is 0 Å². The Kier molecular flexibility index (Phi) is 8.10. The number of esters is 2. The maximum absolute atomic E-state index is 14.5. The SMILES string of the molecule is CCCOC(=O)c1c2nc(c(C(F)(F)F)c3ccc([nH]3)c(C(=O)OCCC)c3ccc([nH]3)c(C(F)(F)F)c3nc1C=C3)C=C2. The Labute approximate surface area is 245 Å². The third-order valence-electron chi connectivity index (χ3n) is 6.60. The van der Waals surface area contributed by atoms with E-state index in [1.807, 2.05) is 0 Å². The van der Waals surface area contributed by atoms with E-state index in [0.29, 0.717) is 12.8 Å². The summed E-state index contributed by atoms with van der Waals surface area (Å²) in [7, 11) is 0. The topological polar surface area (TPSA) is 110 Å². The first kappa shape index (κ1) is 30.6. The standard InChI is InChI=1S/C30H24F6N4O4/c1-3-13-43-27(41)23-15-5-9-19(37-15)25(29(31,32)33)21-11-7-17(39-21)24(28(42)44-14-4-2)18-8-12-22(40-18)26(30(34,35)36)20-10-6-16(23)38-20/h5-12,37-38H,3-4,13-14H2,1-2H3. The number of H-pyrrole nitrogens is 2. The van der Waals surface area contributed by atoms with Crippen LogP contribution >= 0.6 is 0 Å². The van der Waals surface area contributed by atoms with Gasteiger partial charge in [-0.2, -0.15) is 26.3 Å². The van der Waals surface area contributed by atoms with Gasteiger partial charge >= 0.3 is 24.3 Å². The number of hydrogen-bond donors (Lipinski definition) is 2. The maximum atomic E-state index is 14.5. The number of alkyl halides is 6. The fourth-order valence-corrected chi connectivity index (χ4v) is 4.77. The summed E-state index contributed by atoms with van der Waals surface area (Å²) < 4.78 is 97.4. The molecule has 230 valence electrons. The number of aromatic nitrogens is 4. The van der Waals surface area contributed by atoms with Crippen molar-refractivity contribution in [2.75, 3.05) is 13.2 Å². The molecule has 2 aliphatic heterocycles. The van der Waals surface area contributed by atoms with Gasteiger partial charge in [0.25, 0.3) is 0 Å². The number of rotatable bonds is 6. The second-order valence-corrected chi connectivity index (χ2v) is 9.77. The van der Waals surface area contributed by atoms with Crippen molar-refractivity contribution in [1.29, 1.82) is 0 Å². The second-order valence-electron chi connectivity index (χ2n) is 9.77. The molecule has 0 atom stereocenters. The number of nitrogens with one attached hydrogen (secondary N) is 2. The van der Waals surface area contributed by atoms with Gasteiger partial charge in [0.15, 0.2) is 0 Å². The average Bonchev–Trinajstić information content (AvgIpc) is 3.75. The molecule has 44 heavy (non-hydrogen) atoms. The van der Waals surface area contributed by atoms with E-state index in [1.54, 1.807) is 13.8 Å². The van der Waals surface area contributed by atoms with Crippen LogP contribution in [0, 0.1) is 0 Å². The summed E-state index contributed by atoms with van der Waals surface area (Å²) in [5.41, 5.74) is -6.11. The molecule has 14 heteroatoms. The summed E-state index contributed by atoms with van der Waals surface area (Å²) in [6.07, 6.45) is -4.78. The summed E-state index contributed by atoms with van der Waals surface area (Å²) in [6, 6.07) is 4.51. The number of ether oxygens (including phenoxy) is 2. The normalized spacial score (nSPS) is 12.9. The van der Waals surface area contributed by atoms with Crippen molar-refractivity contribution in [3.05, 3.63) is 69.3 Å². The van der Waals surface area contributed by atoms with Gasteiger partial charge in [-0.25, -0.2) is 19.6 Å². The number of halogens is 6. The molecular weight excluding hydrogens is 594 g/mol. The monoisotopic (exact) mass is 618 g/mol. The van der Waals surface area contributed by atoms with E-state index in [9.17, 15) is 35.9 Å². The summed E-state index contributed by atoms with van der Waals surface area (Å²) in [4.78, 5) is 39.4. The van der Waals surface area contributed by atoms with Crippen molar-refractivity contribution < 1.29 is 45.4 Å². The van der Waals surface area contributed by atoms with Crippen molar-refractivity contribution >= 4 is 58.3 Å². The molecule has 0 spiro atoms. The molecule has 3 aromatic rings. The molecule has 0 saturated carbocycles. The molecular formula is C30H24F6N4O4. The first-order valence-electron chi connectivity index (χ1n) is 13.5. The number of fused-ring (bicyclic) bond motifs is 8. The van der Waals surface area contributed by atoms with E-state index in [0.717, 1.165) is 36.4 Å². The van der Waals surface area contributed by atoms with Gasteiger partial charge in [0.1, 0.15) is 22.3 Å². The second kappa shape index (κ2) is 11.7. The average molecular weight is 619 g/mol. The lowest BCUT2D eigenvalue weighted by atomic mass is 10.1. The Hall–Kier alpha value is -4.88. The highest BCUT2D eigenvalue weighted by Gasteiger charge is 2.38. The van der Waals surface area contributed by atoms with Gasteiger partial charge in [0.2, 0.25) is 0 Å². The third-order valence-corrected chi connectivity index (χ3v) is 6.60. The van der Waals surface area contributed by atoms with Crippen molar-refractivity contribution in [1.82, 2.24) is 19.9 Å². The minimum Gasteiger partial charge on any atom is -0.462 e. The Bertz CT molecular complexity index is 1750. The van der Waals surface area contributed by atoms with E-state index in [2.05, 4.69) is 19.9 Å². The summed E-state index contributed by atoms with van der Waals surface area (Å²) in [5.74, 6) is -1.98. The number of carbonyl (C=O) groups excluding carboxylic acids is 2. The number of carbonyl (C=O) groups is 2. The van der Waals surface area contributed by atoms with Gasteiger partial charge in [0, 0.05) is 0 Å². The van der Waals surface area contributed by atoms with Crippen LogP contribution in [0.4, 0.5) is 26.3 Å².